The van der Waals surface area contributed by atoms with Crippen molar-refractivity contribution in [2.24, 2.45) is 0 Å². The van der Waals surface area contributed by atoms with E-state index in [1.807, 2.05) is 55.7 Å². The van der Waals surface area contributed by atoms with Crippen molar-refractivity contribution in [3.8, 4) is 0 Å². The van der Waals surface area contributed by atoms with Crippen LogP contribution in [0.4, 0.5) is 11.5 Å². The van der Waals surface area contributed by atoms with E-state index in [1.54, 1.807) is 6.33 Å². The summed E-state index contributed by atoms with van der Waals surface area (Å²) in [5.41, 5.74) is 5.82. The Morgan fingerprint density at radius 1 is 1.24 bits per heavy atom. The molecule has 3 rings (SSSR count). The van der Waals surface area contributed by atoms with Crippen LogP contribution in [0, 0.1) is 0 Å². The third-order valence-corrected chi connectivity index (χ3v) is 6.07. The molecule has 0 saturated carbocycles. The van der Waals surface area contributed by atoms with Gasteiger partial charge in [0.2, 0.25) is 5.91 Å². The quantitative estimate of drug-likeness (QED) is 0.434. The molecule has 2 aromatic heterocycles. The highest BCUT2D eigenvalue weighted by Gasteiger charge is 2.25. The summed E-state index contributed by atoms with van der Waals surface area (Å²) in [5, 5.41) is 8.62. The Kier molecular flexibility index (Phi) is 8.10. The van der Waals surface area contributed by atoms with E-state index >= 15 is 0 Å². The minimum absolute atomic E-state index is 0.0168. The van der Waals surface area contributed by atoms with Crippen molar-refractivity contribution in [1.82, 2.24) is 24.3 Å². The number of aromatic nitrogens is 5. The number of amides is 1. The molecule has 0 unspecified atom stereocenters. The van der Waals surface area contributed by atoms with Crippen LogP contribution < -0.4 is 21.9 Å². The van der Waals surface area contributed by atoms with E-state index in [2.05, 4.69) is 15.2 Å². The van der Waals surface area contributed by atoms with Crippen LogP contribution in [-0.2, 0) is 17.9 Å². The molecule has 0 saturated heterocycles. The van der Waals surface area contributed by atoms with E-state index < -0.39 is 11.2 Å². The van der Waals surface area contributed by atoms with E-state index in [0.29, 0.717) is 18.1 Å². The Balaban J connectivity index is 1.98. The summed E-state index contributed by atoms with van der Waals surface area (Å²) in [5.74, 6) is -0.331. The van der Waals surface area contributed by atoms with Crippen molar-refractivity contribution in [2.75, 3.05) is 16.4 Å². The summed E-state index contributed by atoms with van der Waals surface area (Å²) < 4.78 is 3.18. The van der Waals surface area contributed by atoms with Crippen molar-refractivity contribution >= 4 is 29.2 Å². The Morgan fingerprint density at radius 2 is 1.97 bits per heavy atom. The summed E-state index contributed by atoms with van der Waals surface area (Å²) in [7, 11) is 0. The first-order chi connectivity index (χ1) is 15.8. The number of carbonyl (C=O) groups is 1. The SMILES string of the molecule is CCCCn1c(N)c(N(Cc2ccccc2)C(=O)CSc2nncn2C(C)C)c(=O)[nH]c1=O. The van der Waals surface area contributed by atoms with Gasteiger partial charge in [0.05, 0.1) is 12.3 Å². The molecule has 0 aliphatic carbocycles. The number of aromatic amines is 1. The molecule has 176 valence electrons. The lowest BCUT2D eigenvalue weighted by Crippen LogP contribution is -2.41. The zero-order chi connectivity index (χ0) is 24.0. The normalized spacial score (nSPS) is 11.2. The zero-order valence-electron chi connectivity index (χ0n) is 19.0. The number of rotatable bonds is 10. The van der Waals surface area contributed by atoms with Crippen LogP contribution in [0.3, 0.4) is 0 Å². The number of carbonyl (C=O) groups excluding carboxylic acids is 1. The second kappa shape index (κ2) is 11.0. The predicted octanol–water partition coefficient (Wildman–Crippen LogP) is 2.42. The fourth-order valence-corrected chi connectivity index (χ4v) is 4.25. The molecule has 3 N–H and O–H groups in total. The molecule has 2 heterocycles. The van der Waals surface area contributed by atoms with Crippen LogP contribution in [0.25, 0.3) is 0 Å². The Bertz CT molecular complexity index is 1200. The van der Waals surface area contributed by atoms with E-state index in [4.69, 9.17) is 5.73 Å². The van der Waals surface area contributed by atoms with Gasteiger partial charge in [-0.25, -0.2) is 4.79 Å². The molecule has 0 aliphatic heterocycles. The van der Waals surface area contributed by atoms with E-state index in [0.717, 1.165) is 12.0 Å². The van der Waals surface area contributed by atoms with Crippen LogP contribution >= 0.6 is 11.8 Å². The number of anilines is 2. The average Bonchev–Trinajstić information content (AvgIpc) is 3.26. The van der Waals surface area contributed by atoms with Crippen LogP contribution in [0.5, 0.6) is 0 Å². The Morgan fingerprint density at radius 3 is 2.64 bits per heavy atom. The molecule has 33 heavy (non-hydrogen) atoms. The first kappa shape index (κ1) is 24.3. The van der Waals surface area contributed by atoms with Crippen LogP contribution in [-0.4, -0.2) is 36.0 Å². The molecule has 1 aromatic carbocycles. The summed E-state index contributed by atoms with van der Waals surface area (Å²) in [6, 6.07) is 9.44. The number of benzene rings is 1. The molecule has 0 aliphatic rings. The first-order valence-electron chi connectivity index (χ1n) is 10.8. The number of nitrogens with one attached hydrogen (secondary N) is 1. The second-order valence-corrected chi connectivity index (χ2v) is 8.81. The monoisotopic (exact) mass is 471 g/mol. The van der Waals surface area contributed by atoms with Crippen LogP contribution in [0.15, 0.2) is 51.4 Å². The van der Waals surface area contributed by atoms with Crippen LogP contribution in [0.2, 0.25) is 0 Å². The number of hydrogen-bond acceptors (Lipinski definition) is 7. The van der Waals surface area contributed by atoms with Gasteiger partial charge < -0.3 is 10.3 Å². The van der Waals surface area contributed by atoms with Crippen molar-refractivity contribution in [3.63, 3.8) is 0 Å². The number of thioether (sulfide) groups is 1. The van der Waals surface area contributed by atoms with Gasteiger partial charge in [0, 0.05) is 12.6 Å². The van der Waals surface area contributed by atoms with Crippen molar-refractivity contribution < 1.29 is 4.79 Å². The van der Waals surface area contributed by atoms with Crippen LogP contribution in [0.1, 0.15) is 45.2 Å². The third-order valence-electron chi connectivity index (χ3n) is 5.13. The van der Waals surface area contributed by atoms with Gasteiger partial charge in [0.25, 0.3) is 5.56 Å². The van der Waals surface area contributed by atoms with E-state index in [1.165, 1.54) is 21.2 Å². The lowest BCUT2D eigenvalue weighted by Gasteiger charge is -2.24. The molecule has 0 radical (unpaired) electrons. The molecular weight excluding hydrogens is 442 g/mol. The molecule has 10 nitrogen and oxygen atoms in total. The minimum atomic E-state index is -0.690. The lowest BCUT2D eigenvalue weighted by molar-refractivity contribution is -0.116. The Hall–Kier alpha value is -3.34. The average molecular weight is 472 g/mol. The maximum Gasteiger partial charge on any atom is 0.330 e. The molecule has 0 bridgehead atoms. The summed E-state index contributed by atoms with van der Waals surface area (Å²) in [4.78, 5) is 42.2. The molecule has 1 amide bonds. The number of hydrogen-bond donors (Lipinski definition) is 2. The summed E-state index contributed by atoms with van der Waals surface area (Å²) >= 11 is 1.23. The highest BCUT2D eigenvalue weighted by atomic mass is 32.2. The number of nitrogen functional groups attached to an aromatic ring is 1. The van der Waals surface area contributed by atoms with Gasteiger partial charge in [-0.15, -0.1) is 10.2 Å². The fourth-order valence-electron chi connectivity index (χ4n) is 3.33. The highest BCUT2D eigenvalue weighted by molar-refractivity contribution is 7.99. The van der Waals surface area contributed by atoms with Crippen molar-refractivity contribution in [1.29, 1.82) is 0 Å². The maximum absolute atomic E-state index is 13.4. The standard InChI is InChI=1S/C22H29N7O3S/c1-4-5-11-27-19(23)18(20(31)25-21(27)32)28(12-16-9-7-6-8-10-16)17(30)13-33-22-26-24-14-29(22)15(2)3/h6-10,14-15H,4-5,11-13,23H2,1-3H3,(H,25,31,32). The van der Waals surface area contributed by atoms with E-state index in [-0.39, 0.29) is 35.8 Å². The molecule has 3 aromatic rings. The molecule has 11 heteroatoms. The second-order valence-electron chi connectivity index (χ2n) is 7.87. The maximum atomic E-state index is 13.4. The van der Waals surface area contributed by atoms with E-state index in [9.17, 15) is 14.4 Å². The van der Waals surface area contributed by atoms with Gasteiger partial charge in [0.1, 0.15) is 12.1 Å². The lowest BCUT2D eigenvalue weighted by atomic mass is 10.2. The molecular formula is C22H29N7O3S. The fraction of sp³-hybridized carbons (Fsp3) is 0.409. The third kappa shape index (κ3) is 5.72. The molecule has 0 fully saturated rings. The molecule has 0 atom stereocenters. The number of nitrogens with zero attached hydrogens (tertiary/aromatic N) is 5. The van der Waals surface area contributed by atoms with Gasteiger partial charge in [0.15, 0.2) is 10.8 Å². The topological polar surface area (TPSA) is 132 Å². The molecule has 0 spiro atoms. The number of nitrogens with two attached hydrogens (primary N) is 1. The number of unbranched alkanes of at least 4 members (excludes halogenated alkanes) is 1. The van der Waals surface area contributed by atoms with Crippen molar-refractivity contribution in [2.45, 2.75) is 57.9 Å². The zero-order valence-corrected chi connectivity index (χ0v) is 19.8. The first-order valence-corrected chi connectivity index (χ1v) is 11.8. The highest BCUT2D eigenvalue weighted by Crippen LogP contribution is 2.24. The summed E-state index contributed by atoms with van der Waals surface area (Å²) in [6.45, 7) is 6.47. The van der Waals surface area contributed by atoms with Crippen molar-refractivity contribution in [3.05, 3.63) is 63.1 Å². The van der Waals surface area contributed by atoms with Gasteiger partial charge in [-0.2, -0.15) is 0 Å². The Labute approximate surface area is 195 Å². The van der Waals surface area contributed by atoms with Gasteiger partial charge >= 0.3 is 5.69 Å². The van der Waals surface area contributed by atoms with Gasteiger partial charge in [-0.3, -0.25) is 24.0 Å². The minimum Gasteiger partial charge on any atom is -0.383 e. The number of H-pyrrole nitrogens is 1. The smallest absolute Gasteiger partial charge is 0.330 e. The van der Waals surface area contributed by atoms with Gasteiger partial charge in [-0.05, 0) is 25.8 Å². The largest absolute Gasteiger partial charge is 0.383 e. The van der Waals surface area contributed by atoms with Gasteiger partial charge in [-0.1, -0.05) is 55.4 Å². The predicted molar refractivity (Wildman–Crippen MR) is 129 cm³/mol. The summed E-state index contributed by atoms with van der Waals surface area (Å²) in [6.07, 6.45) is 3.18.